The molecule has 1 atom stereocenters. The van der Waals surface area contributed by atoms with Gasteiger partial charge in [0.15, 0.2) is 0 Å². The van der Waals surface area contributed by atoms with Crippen LogP contribution in [0.1, 0.15) is 5.56 Å². The fourth-order valence-corrected chi connectivity index (χ4v) is 2.49. The molecule has 0 saturated carbocycles. The highest BCUT2D eigenvalue weighted by atomic mass is 35.5. The topological polar surface area (TPSA) is 41.7 Å². The first-order chi connectivity index (χ1) is 10.6. The third-order valence-corrected chi connectivity index (χ3v) is 3.65. The van der Waals surface area contributed by atoms with E-state index < -0.39 is 5.97 Å². The van der Waals surface area contributed by atoms with Crippen molar-refractivity contribution in [3.63, 3.8) is 0 Å². The van der Waals surface area contributed by atoms with Crippen molar-refractivity contribution < 1.29 is 14.8 Å². The molecule has 1 aromatic rings. The van der Waals surface area contributed by atoms with Crippen molar-refractivity contribution in [2.24, 2.45) is 0 Å². The second kappa shape index (κ2) is 7.07. The number of aliphatic carboxylic acids is 1. The Hall–Kier alpha value is -2.36. The van der Waals surface area contributed by atoms with E-state index in [-0.39, 0.29) is 0 Å². The minimum Gasteiger partial charge on any atom is -0.474 e. The fourth-order valence-electron chi connectivity index (χ4n) is 2.36. The van der Waals surface area contributed by atoms with E-state index in [1.807, 2.05) is 30.5 Å². The standard InChI is InChI=1S/C18H16ClNO2/c1-3-5-13(4-2)12-20-11-10-16(17(20)18(21)22)14-6-8-15(19)9-7-14/h3-11H,1-2,12H2,(H,21,22)/p+1/b13-5+. The fraction of sp³-hybridized carbons (Fsp3) is 0.0556. The average Bonchev–Trinajstić information content (AvgIpc) is 2.91. The van der Waals surface area contributed by atoms with Crippen molar-refractivity contribution in [3.05, 3.63) is 89.8 Å². The molecular formula is C18H17ClNO2+. The summed E-state index contributed by atoms with van der Waals surface area (Å²) in [5.74, 6) is -0.938. The Labute approximate surface area is 134 Å². The lowest BCUT2D eigenvalue weighted by Crippen LogP contribution is -3.05. The maximum absolute atomic E-state index is 11.7. The Bertz CT molecular complexity index is 696. The third kappa shape index (κ3) is 3.45. The Morgan fingerprint density at radius 2 is 1.95 bits per heavy atom. The van der Waals surface area contributed by atoms with Crippen LogP contribution >= 0.6 is 11.6 Å². The highest BCUT2D eigenvalue weighted by molar-refractivity contribution is 6.30. The normalized spacial score (nSPS) is 17.7. The molecule has 2 N–H and O–H groups in total. The van der Waals surface area contributed by atoms with Crippen LogP contribution in [0.25, 0.3) is 5.57 Å². The van der Waals surface area contributed by atoms with Crippen LogP contribution in [0.5, 0.6) is 0 Å². The number of carboxylic acid groups (broad SMARTS) is 1. The summed E-state index contributed by atoms with van der Waals surface area (Å²) in [5.41, 5.74) is 2.77. The van der Waals surface area contributed by atoms with Crippen molar-refractivity contribution in [2.75, 3.05) is 6.54 Å². The summed E-state index contributed by atoms with van der Waals surface area (Å²) < 4.78 is 0. The van der Waals surface area contributed by atoms with E-state index in [1.54, 1.807) is 24.3 Å². The number of rotatable bonds is 6. The van der Waals surface area contributed by atoms with E-state index in [4.69, 9.17) is 11.6 Å². The van der Waals surface area contributed by atoms with Crippen LogP contribution in [0.3, 0.4) is 0 Å². The van der Waals surface area contributed by atoms with Crippen LogP contribution in [0.2, 0.25) is 5.02 Å². The predicted octanol–water partition coefficient (Wildman–Crippen LogP) is 2.85. The van der Waals surface area contributed by atoms with Crippen molar-refractivity contribution in [1.82, 2.24) is 0 Å². The molecule has 0 spiro atoms. The summed E-state index contributed by atoms with van der Waals surface area (Å²) in [4.78, 5) is 12.4. The zero-order valence-electron chi connectivity index (χ0n) is 12.1. The zero-order chi connectivity index (χ0) is 16.1. The Morgan fingerprint density at radius 3 is 2.50 bits per heavy atom. The van der Waals surface area contributed by atoms with Gasteiger partial charge in [0.1, 0.15) is 12.7 Å². The van der Waals surface area contributed by atoms with Gasteiger partial charge in [-0.15, -0.1) is 0 Å². The van der Waals surface area contributed by atoms with Crippen LogP contribution in [-0.4, -0.2) is 17.6 Å². The highest BCUT2D eigenvalue weighted by Gasteiger charge is 2.30. The van der Waals surface area contributed by atoms with Gasteiger partial charge in [0.25, 0.3) is 0 Å². The van der Waals surface area contributed by atoms with Gasteiger partial charge in [-0.2, -0.15) is 0 Å². The molecule has 22 heavy (non-hydrogen) atoms. The van der Waals surface area contributed by atoms with Crippen LogP contribution in [0.4, 0.5) is 0 Å². The van der Waals surface area contributed by atoms with Gasteiger partial charge in [0, 0.05) is 16.7 Å². The molecule has 4 heteroatoms. The molecule has 1 aliphatic heterocycles. The molecule has 0 bridgehead atoms. The molecule has 0 amide bonds. The summed E-state index contributed by atoms with van der Waals surface area (Å²) in [5, 5.41) is 10.2. The molecule has 1 aromatic carbocycles. The van der Waals surface area contributed by atoms with E-state index in [2.05, 4.69) is 13.2 Å². The summed E-state index contributed by atoms with van der Waals surface area (Å²) in [6.07, 6.45) is 8.88. The number of hydrogen-bond acceptors (Lipinski definition) is 1. The lowest BCUT2D eigenvalue weighted by atomic mass is 10.0. The van der Waals surface area contributed by atoms with E-state index in [0.717, 1.165) is 16.0 Å². The molecule has 1 aliphatic rings. The number of benzene rings is 1. The molecule has 112 valence electrons. The first kappa shape index (κ1) is 16.0. The van der Waals surface area contributed by atoms with Crippen molar-refractivity contribution in [2.45, 2.75) is 0 Å². The molecular weight excluding hydrogens is 298 g/mol. The maximum Gasteiger partial charge on any atom is 0.391 e. The monoisotopic (exact) mass is 314 g/mol. The second-order valence-electron chi connectivity index (χ2n) is 4.82. The first-order valence-corrected chi connectivity index (χ1v) is 7.16. The first-order valence-electron chi connectivity index (χ1n) is 6.78. The lowest BCUT2D eigenvalue weighted by Gasteiger charge is -2.13. The van der Waals surface area contributed by atoms with Gasteiger partial charge in [-0.05, 0) is 17.7 Å². The molecule has 0 saturated heterocycles. The van der Waals surface area contributed by atoms with E-state index in [1.165, 1.54) is 0 Å². The second-order valence-corrected chi connectivity index (χ2v) is 5.25. The van der Waals surface area contributed by atoms with Gasteiger partial charge in [0.05, 0.1) is 5.57 Å². The molecule has 0 aliphatic carbocycles. The number of quaternary nitrogens is 1. The molecule has 2 rings (SSSR count). The third-order valence-electron chi connectivity index (χ3n) is 3.40. The molecule has 1 heterocycles. The average molecular weight is 315 g/mol. The minimum atomic E-state index is -0.938. The predicted molar refractivity (Wildman–Crippen MR) is 89.5 cm³/mol. The molecule has 1 unspecified atom stereocenters. The molecule has 0 aromatic heterocycles. The van der Waals surface area contributed by atoms with Crippen LogP contribution in [-0.2, 0) is 4.79 Å². The zero-order valence-corrected chi connectivity index (χ0v) is 12.8. The maximum atomic E-state index is 11.7. The number of allylic oxidation sites excluding steroid dienone is 4. The number of nitrogens with one attached hydrogen (secondary N) is 1. The van der Waals surface area contributed by atoms with E-state index in [9.17, 15) is 9.90 Å². The van der Waals surface area contributed by atoms with Gasteiger partial charge in [0.2, 0.25) is 5.70 Å². The van der Waals surface area contributed by atoms with Gasteiger partial charge >= 0.3 is 5.97 Å². The number of hydrogen-bond donors (Lipinski definition) is 2. The number of carboxylic acids is 1. The van der Waals surface area contributed by atoms with Crippen molar-refractivity contribution in [3.8, 4) is 0 Å². The van der Waals surface area contributed by atoms with Gasteiger partial charge in [-0.25, -0.2) is 4.79 Å². The molecule has 0 fully saturated rings. The largest absolute Gasteiger partial charge is 0.474 e. The lowest BCUT2D eigenvalue weighted by molar-refractivity contribution is -0.791. The highest BCUT2D eigenvalue weighted by Crippen LogP contribution is 2.22. The quantitative estimate of drug-likeness (QED) is 0.793. The van der Waals surface area contributed by atoms with Crippen LogP contribution in [0, 0.1) is 0 Å². The van der Waals surface area contributed by atoms with Crippen LogP contribution < -0.4 is 4.90 Å². The number of halogens is 1. The smallest absolute Gasteiger partial charge is 0.391 e. The minimum absolute atomic E-state index is 0.319. The van der Waals surface area contributed by atoms with E-state index in [0.29, 0.717) is 22.8 Å². The summed E-state index contributed by atoms with van der Waals surface area (Å²) >= 11 is 5.88. The Kier molecular flexibility index (Phi) is 5.15. The van der Waals surface area contributed by atoms with E-state index >= 15 is 0 Å². The van der Waals surface area contributed by atoms with Gasteiger partial charge in [-0.3, -0.25) is 4.90 Å². The SMILES string of the molecule is C=C/C=C(\C=C)C[NH+]1C=CC(c2ccc(Cl)cc2)=C1C(=O)O. The van der Waals surface area contributed by atoms with Crippen LogP contribution in [0.15, 0.2) is 79.2 Å². The van der Waals surface area contributed by atoms with Crippen molar-refractivity contribution in [1.29, 1.82) is 0 Å². The summed E-state index contributed by atoms with van der Waals surface area (Å²) in [6.45, 7) is 7.91. The molecule has 0 radical (unpaired) electrons. The summed E-state index contributed by atoms with van der Waals surface area (Å²) in [7, 11) is 0. The Morgan fingerprint density at radius 1 is 1.27 bits per heavy atom. The Balaban J connectivity index is 2.39. The van der Waals surface area contributed by atoms with Gasteiger partial charge < -0.3 is 5.11 Å². The number of carbonyl (C=O) groups is 1. The van der Waals surface area contributed by atoms with Crippen molar-refractivity contribution >= 4 is 23.1 Å². The molecule has 3 nitrogen and oxygen atoms in total. The van der Waals surface area contributed by atoms with Gasteiger partial charge in [-0.1, -0.05) is 55.1 Å². The summed E-state index contributed by atoms with van der Waals surface area (Å²) in [6, 6.07) is 7.15.